The van der Waals surface area contributed by atoms with Gasteiger partial charge in [0.25, 0.3) is 11.4 Å². The van der Waals surface area contributed by atoms with E-state index in [4.69, 9.17) is 0 Å². The maximum Gasteiger partial charge on any atom is 2.00 e. The number of fused-ring (bicyclic) bond motifs is 6. The number of nitro benzene ring substituents is 2. The van der Waals surface area contributed by atoms with Crippen molar-refractivity contribution in [2.75, 3.05) is 0 Å². The minimum absolute atomic E-state index is 0. The van der Waals surface area contributed by atoms with Gasteiger partial charge in [0.05, 0.1) is 66.3 Å². The molecule has 14 nitrogen and oxygen atoms in total. The molecule has 9 aromatic rings. The van der Waals surface area contributed by atoms with Crippen LogP contribution in [-0.2, 0) is 19.5 Å². The van der Waals surface area contributed by atoms with E-state index < -0.39 is 15.5 Å². The van der Waals surface area contributed by atoms with Crippen LogP contribution in [-0.4, -0.2) is 49.7 Å². The standard InChI is InChI=1S/C19H10N6O4.2C10H8N2.Ru/c26-24(27)10-5-6-11(14(9-10)25(28)29)19-22-17-12-3-1-7-20-15(12)16-13(18(17)23-19)4-2-8-21-16;2*1-3-7-11-9(5-1)10-6-2-4-8-12-10;/h1-9H,(H,22,23);2*1-8H;/q;;;+2. The van der Waals surface area contributed by atoms with Crippen LogP contribution in [0.25, 0.3) is 67.0 Å². The maximum absolute atomic E-state index is 11.5. The van der Waals surface area contributed by atoms with E-state index in [0.29, 0.717) is 22.1 Å². The molecule has 54 heavy (non-hydrogen) atoms. The van der Waals surface area contributed by atoms with Gasteiger partial charge in [0.1, 0.15) is 5.82 Å². The number of nitrogens with one attached hydrogen (secondary N) is 1. The first-order valence-electron chi connectivity index (χ1n) is 16.1. The number of pyridine rings is 6. The van der Waals surface area contributed by atoms with E-state index in [1.807, 2.05) is 84.9 Å². The molecule has 9 rings (SSSR count). The van der Waals surface area contributed by atoms with Crippen molar-refractivity contribution >= 4 is 44.2 Å². The van der Waals surface area contributed by atoms with Gasteiger partial charge in [-0.15, -0.1) is 0 Å². The fraction of sp³-hybridized carbons (Fsp3) is 0. The van der Waals surface area contributed by atoms with Gasteiger partial charge in [-0.05, 0) is 78.9 Å². The molecule has 0 unspecified atom stereocenters. The third kappa shape index (κ3) is 7.96. The Morgan fingerprint density at radius 3 is 1.39 bits per heavy atom. The third-order valence-corrected chi connectivity index (χ3v) is 7.90. The Balaban J connectivity index is 0.000000163. The van der Waals surface area contributed by atoms with Crippen LogP contribution in [0.15, 0.2) is 152 Å². The Bertz CT molecular complexity index is 2460. The topological polar surface area (TPSA) is 192 Å². The molecule has 0 radical (unpaired) electrons. The summed E-state index contributed by atoms with van der Waals surface area (Å²) in [5.41, 5.74) is 5.67. The molecule has 0 aliphatic heterocycles. The van der Waals surface area contributed by atoms with Crippen LogP contribution in [0.2, 0.25) is 0 Å². The number of H-pyrrole nitrogens is 1. The van der Waals surface area contributed by atoms with Crippen LogP contribution in [0.1, 0.15) is 0 Å². The Morgan fingerprint density at radius 2 is 0.944 bits per heavy atom. The molecule has 0 aliphatic rings. The monoisotopic (exact) mass is 800 g/mol. The fourth-order valence-corrected chi connectivity index (χ4v) is 5.51. The van der Waals surface area contributed by atoms with Gasteiger partial charge in [-0.2, -0.15) is 0 Å². The minimum Gasteiger partial charge on any atom is -0.337 e. The van der Waals surface area contributed by atoms with E-state index in [-0.39, 0.29) is 36.6 Å². The first-order chi connectivity index (χ1) is 26.0. The first kappa shape index (κ1) is 36.5. The molecule has 7 aromatic heterocycles. The Morgan fingerprint density at radius 1 is 0.481 bits per heavy atom. The Hall–Kier alpha value is -7.25. The van der Waals surface area contributed by atoms with Crippen molar-refractivity contribution in [3.8, 4) is 34.2 Å². The number of nitrogens with zero attached hydrogens (tertiary/aromatic N) is 9. The normalized spacial score (nSPS) is 10.4. The second-order valence-corrected chi connectivity index (χ2v) is 11.2. The molecule has 0 saturated carbocycles. The molecule has 262 valence electrons. The zero-order chi connectivity index (χ0) is 36.6. The van der Waals surface area contributed by atoms with Crippen molar-refractivity contribution in [1.29, 1.82) is 0 Å². The number of benzene rings is 2. The number of hydrogen-bond acceptors (Lipinski definition) is 11. The average Bonchev–Trinajstić information content (AvgIpc) is 3.69. The van der Waals surface area contributed by atoms with Crippen LogP contribution < -0.4 is 0 Å². The van der Waals surface area contributed by atoms with Crippen LogP contribution >= 0.6 is 0 Å². The summed E-state index contributed by atoms with van der Waals surface area (Å²) in [6, 6.07) is 33.9. The summed E-state index contributed by atoms with van der Waals surface area (Å²) in [6.07, 6.45) is 10.4. The molecular weight excluding hydrogens is 774 g/mol. The van der Waals surface area contributed by atoms with Crippen molar-refractivity contribution in [3.05, 3.63) is 173 Å². The number of hydrogen-bond donors (Lipinski definition) is 1. The molecule has 1 N–H and O–H groups in total. The molecule has 15 heteroatoms. The van der Waals surface area contributed by atoms with E-state index >= 15 is 0 Å². The molecule has 7 heterocycles. The first-order valence-corrected chi connectivity index (χ1v) is 16.1. The molecule has 0 bridgehead atoms. The van der Waals surface area contributed by atoms with Gasteiger partial charge >= 0.3 is 19.5 Å². The molecular formula is C39H26N10O4Ru+2. The summed E-state index contributed by atoms with van der Waals surface area (Å²) in [5.74, 6) is 0.239. The summed E-state index contributed by atoms with van der Waals surface area (Å²) in [4.78, 5) is 54.5. The molecule has 0 spiro atoms. The quantitative estimate of drug-likeness (QED) is 0.0760. The average molecular weight is 800 g/mol. The second kappa shape index (κ2) is 16.8. The third-order valence-electron chi connectivity index (χ3n) is 7.90. The van der Waals surface area contributed by atoms with Crippen LogP contribution in [0.5, 0.6) is 0 Å². The van der Waals surface area contributed by atoms with Crippen molar-refractivity contribution in [2.45, 2.75) is 0 Å². The molecule has 0 amide bonds. The smallest absolute Gasteiger partial charge is 0.337 e. The van der Waals surface area contributed by atoms with E-state index in [9.17, 15) is 20.2 Å². The van der Waals surface area contributed by atoms with Gasteiger partial charge in [0, 0.05) is 54.0 Å². The van der Waals surface area contributed by atoms with Crippen molar-refractivity contribution < 1.29 is 29.3 Å². The molecule has 0 fully saturated rings. The zero-order valence-corrected chi connectivity index (χ0v) is 29.7. The van der Waals surface area contributed by atoms with Gasteiger partial charge in [0.15, 0.2) is 0 Å². The number of aromatic amines is 1. The molecule has 2 aromatic carbocycles. The van der Waals surface area contributed by atoms with Gasteiger partial charge in [0.2, 0.25) is 0 Å². The number of non-ortho nitro benzene ring substituents is 1. The largest absolute Gasteiger partial charge is 2.00 e. The Labute approximate surface area is 319 Å². The van der Waals surface area contributed by atoms with Crippen molar-refractivity contribution in [1.82, 2.24) is 39.9 Å². The van der Waals surface area contributed by atoms with Crippen LogP contribution in [0, 0.1) is 20.2 Å². The number of aromatic nitrogens is 8. The second-order valence-electron chi connectivity index (χ2n) is 11.2. The molecule has 0 saturated heterocycles. The van der Waals surface area contributed by atoms with Gasteiger partial charge in [-0.25, -0.2) is 4.98 Å². The number of rotatable bonds is 5. The van der Waals surface area contributed by atoms with Gasteiger partial charge < -0.3 is 4.98 Å². The predicted molar refractivity (Wildman–Crippen MR) is 200 cm³/mol. The van der Waals surface area contributed by atoms with Gasteiger partial charge in [-0.1, -0.05) is 24.3 Å². The van der Waals surface area contributed by atoms with Crippen molar-refractivity contribution in [2.24, 2.45) is 0 Å². The predicted octanol–water partition coefficient (Wildman–Crippen LogP) is 8.43. The van der Waals surface area contributed by atoms with Crippen LogP contribution in [0.3, 0.4) is 0 Å². The zero-order valence-electron chi connectivity index (χ0n) is 27.9. The van der Waals surface area contributed by atoms with E-state index in [1.54, 1.807) is 49.3 Å². The number of nitro groups is 2. The molecule has 0 atom stereocenters. The summed E-state index contributed by atoms with van der Waals surface area (Å²) < 4.78 is 0. The SMILES string of the molecule is O=[N+]([O-])c1ccc(-c2nc3c4cccnc4c4ncccc4c3[nH]2)c([N+](=O)[O-])c1.[Ru+2].c1ccc(-c2ccccn2)nc1.c1ccc(-c2ccccn2)nc1. The number of imidazole rings is 1. The molecule has 0 aliphatic carbocycles. The minimum atomic E-state index is -0.673. The maximum atomic E-state index is 11.5. The van der Waals surface area contributed by atoms with Gasteiger partial charge in [-0.3, -0.25) is 50.1 Å². The summed E-state index contributed by atoms with van der Waals surface area (Å²) in [5, 5.41) is 24.1. The Kier molecular flexibility index (Phi) is 11.4. The van der Waals surface area contributed by atoms with E-state index in [1.165, 1.54) is 12.1 Å². The summed E-state index contributed by atoms with van der Waals surface area (Å²) >= 11 is 0. The summed E-state index contributed by atoms with van der Waals surface area (Å²) in [7, 11) is 0. The summed E-state index contributed by atoms with van der Waals surface area (Å²) in [6.45, 7) is 0. The van der Waals surface area contributed by atoms with E-state index in [0.717, 1.165) is 39.6 Å². The van der Waals surface area contributed by atoms with Crippen molar-refractivity contribution in [3.63, 3.8) is 0 Å². The van der Waals surface area contributed by atoms with Crippen LogP contribution in [0.4, 0.5) is 11.4 Å². The fourth-order valence-electron chi connectivity index (χ4n) is 5.51. The van der Waals surface area contributed by atoms with E-state index in [2.05, 4.69) is 39.9 Å².